The lowest BCUT2D eigenvalue weighted by Gasteiger charge is -2.00. The van der Waals surface area contributed by atoms with Crippen LogP contribution in [0.25, 0.3) is 0 Å². The normalized spacial score (nSPS) is 10.7. The van der Waals surface area contributed by atoms with Gasteiger partial charge in [-0.25, -0.2) is 0 Å². The van der Waals surface area contributed by atoms with Crippen molar-refractivity contribution in [3.05, 3.63) is 29.8 Å². The minimum atomic E-state index is 0.765. The van der Waals surface area contributed by atoms with E-state index in [-0.39, 0.29) is 0 Å². The third kappa shape index (κ3) is 7.42. The van der Waals surface area contributed by atoms with Gasteiger partial charge in [0.05, 0.1) is 0 Å². The van der Waals surface area contributed by atoms with E-state index >= 15 is 0 Å². The molecule has 17 heavy (non-hydrogen) atoms. The fourth-order valence-electron chi connectivity index (χ4n) is 1.30. The lowest BCUT2D eigenvalue weighted by atomic mass is 10.2. The molecule has 0 aliphatic carbocycles. The zero-order valence-electron chi connectivity index (χ0n) is 10.8. The average molecular weight is 255 g/mol. The molecule has 0 unspecified atom stereocenters. The Morgan fingerprint density at radius 1 is 1.00 bits per heavy atom. The van der Waals surface area contributed by atoms with Gasteiger partial charge in [-0.15, -0.1) is 0 Å². The fraction of sp³-hybridized carbons (Fsp3) is 0.571. The Balaban J connectivity index is 1.95. The van der Waals surface area contributed by atoms with Crippen molar-refractivity contribution in [3.63, 3.8) is 0 Å². The van der Waals surface area contributed by atoms with Gasteiger partial charge in [-0.1, -0.05) is 31.0 Å². The predicted octanol–water partition coefficient (Wildman–Crippen LogP) is 3.31. The quantitative estimate of drug-likeness (QED) is 0.383. The van der Waals surface area contributed by atoms with Crippen molar-refractivity contribution in [1.29, 1.82) is 0 Å². The van der Waals surface area contributed by atoms with Crippen molar-refractivity contribution >= 4 is 12.0 Å². The summed E-state index contributed by atoms with van der Waals surface area (Å²) in [7, 11) is 0. The monoisotopic (exact) mass is 255 g/mol. The number of unbranched alkanes of at least 4 members (excludes halogenated alkanes) is 1. The highest BCUT2D eigenvalue weighted by Gasteiger charge is 2.03. The summed E-state index contributed by atoms with van der Waals surface area (Å²) in [6, 6.07) is 8.43. The number of hydrogen-bond acceptors (Lipinski definition) is 2. The molecule has 0 spiro atoms. The molecule has 1 aromatic rings. The highest BCUT2D eigenvalue weighted by Crippen LogP contribution is 2.06. The van der Waals surface area contributed by atoms with Gasteiger partial charge in [-0.05, 0) is 31.9 Å². The predicted molar refractivity (Wildman–Crippen MR) is 74.5 cm³/mol. The van der Waals surface area contributed by atoms with Crippen molar-refractivity contribution in [1.82, 2.24) is 0 Å². The van der Waals surface area contributed by atoms with Crippen LogP contribution in [0, 0.1) is 6.92 Å². The zero-order valence-corrected chi connectivity index (χ0v) is 11.7. The Kier molecular flexibility index (Phi) is 8.14. The summed E-state index contributed by atoms with van der Waals surface area (Å²) in [6.45, 7) is 6.72. The van der Waals surface area contributed by atoms with E-state index in [1.807, 2.05) is 0 Å². The van der Waals surface area contributed by atoms with Crippen molar-refractivity contribution < 1.29 is 8.92 Å². The minimum Gasteiger partial charge on any atom is -0.381 e. The Labute approximate surface area is 109 Å². The van der Waals surface area contributed by atoms with Crippen LogP contribution >= 0.6 is 0 Å². The lowest BCUT2D eigenvalue weighted by Crippen LogP contribution is -2.01. The lowest BCUT2D eigenvalue weighted by molar-refractivity contribution is 0.119. The largest absolute Gasteiger partial charge is 0.381 e. The molecule has 0 bridgehead atoms. The standard InChI is InChI=1S/C14H22O2S/c1-3-4-10-15-11-5-12-16-17-14-8-6-13(2)7-9-14/h6-9H,3-5,10-12H2,1-2H3/p+1. The van der Waals surface area contributed by atoms with Crippen molar-refractivity contribution in [3.8, 4) is 0 Å². The Bertz CT molecular complexity index is 285. The first-order chi connectivity index (χ1) is 8.33. The van der Waals surface area contributed by atoms with Crippen LogP contribution < -0.4 is 0 Å². The van der Waals surface area contributed by atoms with E-state index in [1.165, 1.54) is 16.9 Å². The first kappa shape index (κ1) is 14.6. The van der Waals surface area contributed by atoms with E-state index in [1.54, 1.807) is 0 Å². The van der Waals surface area contributed by atoms with Gasteiger partial charge in [0.1, 0.15) is 6.61 Å². The molecule has 0 saturated heterocycles. The number of benzene rings is 1. The average Bonchev–Trinajstić information content (AvgIpc) is 2.35. The van der Waals surface area contributed by atoms with Crippen LogP contribution in [0.4, 0.5) is 0 Å². The van der Waals surface area contributed by atoms with E-state index in [4.69, 9.17) is 8.92 Å². The van der Waals surface area contributed by atoms with Crippen LogP contribution in [0.5, 0.6) is 0 Å². The van der Waals surface area contributed by atoms with Crippen LogP contribution in [0.15, 0.2) is 29.2 Å². The highest BCUT2D eigenvalue weighted by atomic mass is 32.2. The molecular formula is C14H23O2S+. The van der Waals surface area contributed by atoms with Crippen molar-refractivity contribution in [2.24, 2.45) is 0 Å². The summed E-state index contributed by atoms with van der Waals surface area (Å²) in [4.78, 5) is 1.21. The molecule has 0 heterocycles. The van der Waals surface area contributed by atoms with Crippen molar-refractivity contribution in [2.75, 3.05) is 19.8 Å². The second-order valence-corrected chi connectivity index (χ2v) is 5.04. The maximum atomic E-state index is 5.56. The summed E-state index contributed by atoms with van der Waals surface area (Å²) in [6.07, 6.45) is 3.33. The number of hydrogen-bond donors (Lipinski definition) is 0. The molecule has 0 aliphatic heterocycles. The molecule has 0 radical (unpaired) electrons. The topological polar surface area (TPSA) is 18.5 Å². The van der Waals surface area contributed by atoms with Crippen LogP contribution in [-0.2, 0) is 21.0 Å². The molecule has 96 valence electrons. The van der Waals surface area contributed by atoms with E-state index in [0.717, 1.165) is 44.7 Å². The zero-order chi connectivity index (χ0) is 12.3. The van der Waals surface area contributed by atoms with E-state index < -0.39 is 0 Å². The molecule has 0 fully saturated rings. The maximum absolute atomic E-state index is 5.56. The second kappa shape index (κ2) is 9.51. The van der Waals surface area contributed by atoms with E-state index in [0.29, 0.717) is 0 Å². The fourth-order valence-corrected chi connectivity index (χ4v) is 1.94. The third-order valence-corrected chi connectivity index (χ3v) is 3.19. The molecule has 0 atom stereocenters. The maximum Gasteiger partial charge on any atom is 0.187 e. The van der Waals surface area contributed by atoms with Gasteiger partial charge in [-0.2, -0.15) is 4.18 Å². The number of thiol groups is 1. The van der Waals surface area contributed by atoms with Gasteiger partial charge in [-0.3, -0.25) is 0 Å². The smallest absolute Gasteiger partial charge is 0.187 e. The molecule has 0 aliphatic rings. The molecular weight excluding hydrogens is 232 g/mol. The van der Waals surface area contributed by atoms with E-state index in [9.17, 15) is 0 Å². The molecule has 0 N–H and O–H groups in total. The molecule has 3 heteroatoms. The first-order valence-electron chi connectivity index (χ1n) is 6.30. The number of rotatable bonds is 9. The Morgan fingerprint density at radius 3 is 2.41 bits per heavy atom. The second-order valence-electron chi connectivity index (χ2n) is 4.08. The van der Waals surface area contributed by atoms with Crippen LogP contribution in [0.3, 0.4) is 0 Å². The molecule has 2 nitrogen and oxygen atoms in total. The van der Waals surface area contributed by atoms with Gasteiger partial charge in [0.2, 0.25) is 0 Å². The summed E-state index contributed by atoms with van der Waals surface area (Å²) in [5.74, 6) is 0. The summed E-state index contributed by atoms with van der Waals surface area (Å²) >= 11 is 0.950. The first-order valence-corrected chi connectivity index (χ1v) is 7.11. The summed E-state index contributed by atoms with van der Waals surface area (Å²) < 4.78 is 11.0. The minimum absolute atomic E-state index is 0.765. The number of aryl methyl sites for hydroxylation is 1. The van der Waals surface area contributed by atoms with Crippen molar-refractivity contribution in [2.45, 2.75) is 38.0 Å². The molecule has 1 aromatic carbocycles. The molecule has 0 saturated carbocycles. The SMILES string of the molecule is CCCCOCCCO[SH+]c1ccc(C)cc1. The van der Waals surface area contributed by atoms with Gasteiger partial charge >= 0.3 is 0 Å². The van der Waals surface area contributed by atoms with Gasteiger partial charge in [0.15, 0.2) is 16.9 Å². The van der Waals surface area contributed by atoms with E-state index in [2.05, 4.69) is 38.1 Å². The molecule has 1 rings (SSSR count). The summed E-state index contributed by atoms with van der Waals surface area (Å²) in [5.41, 5.74) is 1.29. The molecule has 0 amide bonds. The van der Waals surface area contributed by atoms with Gasteiger partial charge in [0, 0.05) is 13.2 Å². The molecule has 0 aromatic heterocycles. The van der Waals surface area contributed by atoms with Gasteiger partial charge < -0.3 is 4.74 Å². The highest BCUT2D eigenvalue weighted by molar-refractivity contribution is 7.73. The van der Waals surface area contributed by atoms with Crippen LogP contribution in [-0.4, -0.2) is 19.8 Å². The Morgan fingerprint density at radius 2 is 1.71 bits per heavy atom. The Hall–Kier alpha value is -0.510. The van der Waals surface area contributed by atoms with Gasteiger partial charge in [0.25, 0.3) is 0 Å². The summed E-state index contributed by atoms with van der Waals surface area (Å²) in [5, 5.41) is 0. The van der Waals surface area contributed by atoms with Crippen LogP contribution in [0.2, 0.25) is 0 Å². The number of ether oxygens (including phenoxy) is 1. The third-order valence-electron chi connectivity index (χ3n) is 2.37. The van der Waals surface area contributed by atoms with Crippen LogP contribution in [0.1, 0.15) is 31.7 Å².